The summed E-state index contributed by atoms with van der Waals surface area (Å²) >= 11 is 0. The number of carbonyl (C=O) groups excluding carboxylic acids is 2. The zero-order valence-electron chi connectivity index (χ0n) is 14.4. The molecule has 2 amide bonds. The highest BCUT2D eigenvalue weighted by Gasteiger charge is 2.70. The van der Waals surface area contributed by atoms with Gasteiger partial charge in [-0.25, -0.2) is 5.01 Å². The molecule has 2 heterocycles. The SMILES string of the molecule is O=C(O)CN1C(=O)[C@@H]2[C@H]3C[C@@H]([C@@H]2C1=O)[C@H]1[C@@H]3N=NN1c1ccc([N+](=O)[O-])cc1. The third-order valence-electron chi connectivity index (χ3n) is 6.37. The smallest absolute Gasteiger partial charge is 0.323 e. The van der Waals surface area contributed by atoms with Crippen molar-refractivity contribution < 1.29 is 24.4 Å². The first-order valence-corrected chi connectivity index (χ1v) is 8.90. The van der Waals surface area contributed by atoms with Gasteiger partial charge in [0, 0.05) is 12.1 Å². The first-order valence-electron chi connectivity index (χ1n) is 8.90. The standard InChI is InChI=1S/C17H15N5O6/c23-11(24)6-20-16(25)12-9-5-10(13(12)17(20)26)15-14(9)18-19-21(15)7-1-3-8(4-2-7)22(27)28/h1-4,9-10,12-15H,5-6H2,(H,23,24)/t9-,10+,12-,13+,14-,15+/m1/s1. The van der Waals surface area contributed by atoms with Gasteiger partial charge in [0.1, 0.15) is 6.54 Å². The normalized spacial score (nSPS) is 34.9. The molecule has 1 aromatic carbocycles. The molecule has 4 aliphatic rings. The number of carboxylic acid groups (broad SMARTS) is 1. The molecule has 2 aliphatic carbocycles. The van der Waals surface area contributed by atoms with Crippen molar-refractivity contribution in [1.29, 1.82) is 0 Å². The lowest BCUT2D eigenvalue weighted by Gasteiger charge is -2.33. The summed E-state index contributed by atoms with van der Waals surface area (Å²) in [6, 6.07) is 5.47. The minimum atomic E-state index is -1.22. The van der Waals surface area contributed by atoms with Gasteiger partial charge in [-0.2, -0.15) is 5.11 Å². The Morgan fingerprint density at radius 2 is 1.82 bits per heavy atom. The number of imide groups is 1. The number of non-ortho nitro benzene ring substituents is 1. The van der Waals surface area contributed by atoms with Crippen molar-refractivity contribution in [3.63, 3.8) is 0 Å². The summed E-state index contributed by atoms with van der Waals surface area (Å²) in [5.74, 6) is -3.48. The van der Waals surface area contributed by atoms with E-state index in [1.807, 2.05) is 0 Å². The van der Waals surface area contributed by atoms with Gasteiger partial charge >= 0.3 is 5.97 Å². The third-order valence-corrected chi connectivity index (χ3v) is 6.37. The van der Waals surface area contributed by atoms with Gasteiger partial charge in [0.2, 0.25) is 11.8 Å². The maximum Gasteiger partial charge on any atom is 0.323 e. The summed E-state index contributed by atoms with van der Waals surface area (Å²) < 4.78 is 0. The van der Waals surface area contributed by atoms with Gasteiger partial charge in [-0.05, 0) is 30.4 Å². The number of hydrogen-bond donors (Lipinski definition) is 1. The molecule has 11 nitrogen and oxygen atoms in total. The lowest BCUT2D eigenvalue weighted by molar-refractivity contribution is -0.384. The minimum Gasteiger partial charge on any atom is -0.480 e. The molecule has 1 N–H and O–H groups in total. The Hall–Kier alpha value is -3.37. The molecule has 2 saturated carbocycles. The van der Waals surface area contributed by atoms with Crippen LogP contribution in [0.3, 0.4) is 0 Å². The summed E-state index contributed by atoms with van der Waals surface area (Å²) in [6.07, 6.45) is 0.658. The monoisotopic (exact) mass is 385 g/mol. The second kappa shape index (κ2) is 5.57. The van der Waals surface area contributed by atoms with Crippen LogP contribution in [0.4, 0.5) is 11.4 Å². The summed E-state index contributed by atoms with van der Waals surface area (Å²) in [7, 11) is 0. The Morgan fingerprint density at radius 1 is 1.18 bits per heavy atom. The summed E-state index contributed by atoms with van der Waals surface area (Å²) in [4.78, 5) is 47.7. The number of anilines is 1. The molecule has 144 valence electrons. The number of aliphatic carboxylic acids is 1. The first kappa shape index (κ1) is 16.8. The fourth-order valence-corrected chi connectivity index (χ4v) is 5.39. The number of carbonyl (C=O) groups is 3. The van der Waals surface area contributed by atoms with E-state index in [0.717, 1.165) is 4.90 Å². The molecular formula is C17H15N5O6. The summed E-state index contributed by atoms with van der Waals surface area (Å²) in [6.45, 7) is -0.618. The Labute approximate surface area is 157 Å². The number of nitro groups is 1. The Bertz CT molecular complexity index is 946. The number of carboxylic acids is 1. The molecule has 0 unspecified atom stereocenters. The van der Waals surface area contributed by atoms with E-state index >= 15 is 0 Å². The van der Waals surface area contributed by atoms with Crippen molar-refractivity contribution in [3.05, 3.63) is 34.4 Å². The number of nitro benzene ring substituents is 1. The van der Waals surface area contributed by atoms with Crippen LogP contribution in [0.5, 0.6) is 0 Å². The fraction of sp³-hybridized carbons (Fsp3) is 0.471. The lowest BCUT2D eigenvalue weighted by Crippen LogP contribution is -2.47. The average molecular weight is 385 g/mol. The van der Waals surface area contributed by atoms with Crippen LogP contribution >= 0.6 is 0 Å². The number of rotatable bonds is 4. The van der Waals surface area contributed by atoms with Crippen LogP contribution in [-0.4, -0.2) is 51.3 Å². The summed E-state index contributed by atoms with van der Waals surface area (Å²) in [5.41, 5.74) is 0.593. The van der Waals surface area contributed by atoms with Crippen LogP contribution in [0.25, 0.3) is 0 Å². The van der Waals surface area contributed by atoms with Crippen LogP contribution in [0.15, 0.2) is 34.6 Å². The minimum absolute atomic E-state index is 0.0367. The average Bonchev–Trinajstić information content (AvgIpc) is 3.38. The van der Waals surface area contributed by atoms with Crippen molar-refractivity contribution in [2.24, 2.45) is 34.0 Å². The van der Waals surface area contributed by atoms with Gasteiger partial charge in [-0.15, -0.1) is 0 Å². The van der Waals surface area contributed by atoms with Gasteiger partial charge in [0.15, 0.2) is 0 Å². The topological polar surface area (TPSA) is 146 Å². The van der Waals surface area contributed by atoms with E-state index in [0.29, 0.717) is 12.1 Å². The van der Waals surface area contributed by atoms with Crippen LogP contribution < -0.4 is 5.01 Å². The molecule has 0 aromatic heterocycles. The zero-order chi connectivity index (χ0) is 19.7. The Morgan fingerprint density at radius 3 is 2.43 bits per heavy atom. The van der Waals surface area contributed by atoms with E-state index in [1.54, 1.807) is 17.1 Å². The quantitative estimate of drug-likeness (QED) is 0.459. The van der Waals surface area contributed by atoms with E-state index in [-0.39, 0.29) is 29.6 Å². The Kier molecular flexibility index (Phi) is 3.33. The number of nitrogens with zero attached hydrogens (tertiary/aromatic N) is 5. The fourth-order valence-electron chi connectivity index (χ4n) is 5.39. The van der Waals surface area contributed by atoms with Crippen LogP contribution in [0.1, 0.15) is 6.42 Å². The van der Waals surface area contributed by atoms with Gasteiger partial charge < -0.3 is 5.11 Å². The van der Waals surface area contributed by atoms with Gasteiger partial charge in [0.05, 0.1) is 34.5 Å². The molecule has 0 radical (unpaired) electrons. The van der Waals surface area contributed by atoms with E-state index in [1.165, 1.54) is 12.1 Å². The van der Waals surface area contributed by atoms with Gasteiger partial charge in [0.25, 0.3) is 5.69 Å². The van der Waals surface area contributed by atoms with Crippen LogP contribution in [-0.2, 0) is 14.4 Å². The van der Waals surface area contributed by atoms with Crippen molar-refractivity contribution in [2.45, 2.75) is 18.5 Å². The molecule has 2 bridgehead atoms. The largest absolute Gasteiger partial charge is 0.480 e. The molecule has 3 fully saturated rings. The molecule has 2 aliphatic heterocycles. The zero-order valence-corrected chi connectivity index (χ0v) is 14.4. The number of fused-ring (bicyclic) bond motifs is 8. The van der Waals surface area contributed by atoms with E-state index < -0.39 is 41.1 Å². The molecule has 0 spiro atoms. The lowest BCUT2D eigenvalue weighted by atomic mass is 9.76. The highest BCUT2D eigenvalue weighted by Crippen LogP contribution is 2.60. The van der Waals surface area contributed by atoms with E-state index in [9.17, 15) is 24.5 Å². The second-order valence-corrected chi connectivity index (χ2v) is 7.58. The Balaban J connectivity index is 1.44. The number of hydrogen-bond acceptors (Lipinski definition) is 8. The van der Waals surface area contributed by atoms with Gasteiger partial charge in [-0.1, -0.05) is 5.22 Å². The number of amides is 2. The molecule has 28 heavy (non-hydrogen) atoms. The highest BCUT2D eigenvalue weighted by atomic mass is 16.6. The molecule has 1 aromatic rings. The highest BCUT2D eigenvalue weighted by molar-refractivity contribution is 6.08. The molecule has 1 saturated heterocycles. The van der Waals surface area contributed by atoms with Gasteiger partial charge in [-0.3, -0.25) is 29.4 Å². The van der Waals surface area contributed by atoms with Crippen LogP contribution in [0, 0.1) is 33.8 Å². The maximum absolute atomic E-state index is 12.8. The van der Waals surface area contributed by atoms with Crippen LogP contribution in [0.2, 0.25) is 0 Å². The number of benzene rings is 1. The summed E-state index contributed by atoms with van der Waals surface area (Å²) in [5, 5.41) is 30.1. The molecule has 5 rings (SSSR count). The predicted molar refractivity (Wildman–Crippen MR) is 90.9 cm³/mol. The van der Waals surface area contributed by atoms with Crippen molar-refractivity contribution in [2.75, 3.05) is 11.6 Å². The third kappa shape index (κ3) is 2.06. The van der Waals surface area contributed by atoms with Crippen molar-refractivity contribution in [3.8, 4) is 0 Å². The predicted octanol–water partition coefficient (Wildman–Crippen LogP) is 0.855. The molecule has 6 atom stereocenters. The molecular weight excluding hydrogens is 370 g/mol. The maximum atomic E-state index is 12.8. The van der Waals surface area contributed by atoms with E-state index in [4.69, 9.17) is 5.11 Å². The molecule has 11 heteroatoms. The number of likely N-dealkylation sites (tertiary alicyclic amines) is 1. The second-order valence-electron chi connectivity index (χ2n) is 7.58. The van der Waals surface area contributed by atoms with Crippen molar-refractivity contribution >= 4 is 29.2 Å². The van der Waals surface area contributed by atoms with Crippen molar-refractivity contribution in [1.82, 2.24) is 4.90 Å². The van der Waals surface area contributed by atoms with E-state index in [2.05, 4.69) is 10.3 Å². The first-order chi connectivity index (χ1) is 13.4.